The highest BCUT2D eigenvalue weighted by Gasteiger charge is 2.33. The number of furan rings is 1. The number of nitro benzene ring substituents is 1. The molecule has 0 saturated carbocycles. The first kappa shape index (κ1) is 28.8. The van der Waals surface area contributed by atoms with Crippen molar-refractivity contribution in [2.24, 2.45) is 4.99 Å². The number of rotatable bonds is 7. The fourth-order valence-electron chi connectivity index (χ4n) is 4.98. The predicted octanol–water partition coefficient (Wildman–Crippen LogP) is 5.70. The second kappa shape index (κ2) is 11.8. The minimum absolute atomic E-state index is 0.129. The molecule has 6 rings (SSSR count). The quantitative estimate of drug-likeness (QED) is 0.182. The number of nitrogens with zero attached hydrogens (tertiary/aromatic N) is 3. The van der Waals surface area contributed by atoms with Crippen LogP contribution in [0.1, 0.15) is 24.3 Å². The van der Waals surface area contributed by atoms with E-state index in [0.29, 0.717) is 54.7 Å². The highest BCUT2D eigenvalue weighted by atomic mass is 35.5. The van der Waals surface area contributed by atoms with Gasteiger partial charge in [-0.25, -0.2) is 4.99 Å². The van der Waals surface area contributed by atoms with Crippen LogP contribution in [0.25, 0.3) is 17.4 Å². The van der Waals surface area contributed by atoms with Crippen molar-refractivity contribution in [2.75, 3.05) is 12.4 Å². The number of fused-ring (bicyclic) bond motifs is 1. The number of benzene rings is 3. The molecule has 5 aromatic rings. The number of nitrogens with one attached hydrogen (secondary N) is 1. The molecule has 0 radical (unpaired) electrons. The Bertz CT molecular complexity index is 2150. The number of aromatic nitrogens is 1. The summed E-state index contributed by atoms with van der Waals surface area (Å²) in [6.07, 6.45) is 1.57. The van der Waals surface area contributed by atoms with Gasteiger partial charge in [0.25, 0.3) is 17.2 Å². The number of carbonyl (C=O) groups is 1. The van der Waals surface area contributed by atoms with Gasteiger partial charge in [0, 0.05) is 29.5 Å². The average molecular weight is 627 g/mol. The number of methoxy groups -OCH3 is 1. The number of carbonyl (C=O) groups excluding carboxylic acids is 1. The molecule has 10 nitrogen and oxygen atoms in total. The van der Waals surface area contributed by atoms with E-state index in [1.54, 1.807) is 62.6 Å². The maximum atomic E-state index is 14.0. The second-order valence-corrected chi connectivity index (χ2v) is 11.2. The van der Waals surface area contributed by atoms with Crippen LogP contribution in [0.4, 0.5) is 11.4 Å². The summed E-state index contributed by atoms with van der Waals surface area (Å²) in [5.41, 5.74) is 1.93. The fraction of sp³-hybridized carbons (Fsp3) is 0.0938. The van der Waals surface area contributed by atoms with E-state index in [2.05, 4.69) is 10.3 Å². The SMILES string of the molecule is COc1cccc(C2C(C(=O)Nc3ccccc3)=C(C)N=c3s/c(=C\c4ccc(-c5cc([N+](=O)[O-])ccc5Cl)o4)c(=O)n32)c1. The van der Waals surface area contributed by atoms with Crippen LogP contribution in [0.5, 0.6) is 5.75 Å². The number of thiazole rings is 1. The van der Waals surface area contributed by atoms with Gasteiger partial charge in [-0.3, -0.25) is 24.3 Å². The fourth-order valence-corrected chi connectivity index (χ4v) is 6.22. The summed E-state index contributed by atoms with van der Waals surface area (Å²) < 4.78 is 13.2. The number of nitro groups is 1. The van der Waals surface area contributed by atoms with Gasteiger partial charge in [-0.2, -0.15) is 0 Å². The van der Waals surface area contributed by atoms with Gasteiger partial charge in [-0.05, 0) is 55.0 Å². The monoisotopic (exact) mass is 626 g/mol. The Labute approximate surface area is 259 Å². The third-order valence-electron chi connectivity index (χ3n) is 7.03. The number of allylic oxidation sites excluding steroid dienone is 1. The van der Waals surface area contributed by atoms with Crippen LogP contribution in [0.15, 0.2) is 110 Å². The topological polar surface area (TPSA) is 129 Å². The summed E-state index contributed by atoms with van der Waals surface area (Å²) >= 11 is 7.45. The zero-order valence-corrected chi connectivity index (χ0v) is 24.9. The van der Waals surface area contributed by atoms with Crippen LogP contribution in [-0.4, -0.2) is 22.5 Å². The maximum Gasteiger partial charge on any atom is 0.271 e. The van der Waals surface area contributed by atoms with E-state index in [-0.39, 0.29) is 22.2 Å². The van der Waals surface area contributed by atoms with E-state index in [4.69, 9.17) is 20.8 Å². The van der Waals surface area contributed by atoms with Crippen molar-refractivity contribution < 1.29 is 18.9 Å². The van der Waals surface area contributed by atoms with Crippen molar-refractivity contribution in [3.63, 3.8) is 0 Å². The van der Waals surface area contributed by atoms with Gasteiger partial charge >= 0.3 is 0 Å². The Hall–Kier alpha value is -5.26. The lowest BCUT2D eigenvalue weighted by atomic mass is 9.95. The Morgan fingerprint density at radius 2 is 1.91 bits per heavy atom. The number of hydrogen-bond acceptors (Lipinski definition) is 8. The van der Waals surface area contributed by atoms with Crippen molar-refractivity contribution in [3.05, 3.63) is 142 Å². The van der Waals surface area contributed by atoms with Gasteiger partial charge in [0.1, 0.15) is 17.3 Å². The molecule has 220 valence electrons. The third kappa shape index (κ3) is 5.46. The molecule has 12 heteroatoms. The van der Waals surface area contributed by atoms with E-state index in [9.17, 15) is 19.7 Å². The number of hydrogen-bond donors (Lipinski definition) is 1. The number of para-hydroxylation sites is 1. The van der Waals surface area contributed by atoms with Crippen molar-refractivity contribution in [1.29, 1.82) is 0 Å². The smallest absolute Gasteiger partial charge is 0.271 e. The van der Waals surface area contributed by atoms with Gasteiger partial charge in [0.2, 0.25) is 0 Å². The van der Waals surface area contributed by atoms with Crippen LogP contribution < -0.4 is 24.9 Å². The summed E-state index contributed by atoms with van der Waals surface area (Å²) in [6.45, 7) is 1.74. The molecule has 3 heterocycles. The molecule has 1 N–H and O–H groups in total. The molecule has 0 aliphatic carbocycles. The first-order chi connectivity index (χ1) is 21.2. The molecule has 0 fully saturated rings. The molecule has 1 aliphatic heterocycles. The summed E-state index contributed by atoms with van der Waals surface area (Å²) in [5, 5.41) is 14.5. The minimum Gasteiger partial charge on any atom is -0.497 e. The second-order valence-electron chi connectivity index (χ2n) is 9.80. The lowest BCUT2D eigenvalue weighted by Gasteiger charge is -2.25. The van der Waals surface area contributed by atoms with Gasteiger partial charge < -0.3 is 14.5 Å². The van der Waals surface area contributed by atoms with E-state index in [1.165, 1.54) is 22.8 Å². The molecule has 1 aliphatic rings. The van der Waals surface area contributed by atoms with E-state index in [1.807, 2.05) is 24.3 Å². The molecule has 3 aromatic carbocycles. The summed E-state index contributed by atoms with van der Waals surface area (Å²) in [4.78, 5) is 43.5. The summed E-state index contributed by atoms with van der Waals surface area (Å²) in [6, 6.07) is 22.8. The molecule has 1 atom stereocenters. The molecule has 0 saturated heterocycles. The van der Waals surface area contributed by atoms with Crippen molar-refractivity contribution in [3.8, 4) is 17.1 Å². The highest BCUT2D eigenvalue weighted by molar-refractivity contribution is 7.07. The molecular formula is C32H23ClN4O6S. The summed E-state index contributed by atoms with van der Waals surface area (Å²) in [7, 11) is 1.55. The zero-order valence-electron chi connectivity index (χ0n) is 23.3. The van der Waals surface area contributed by atoms with E-state index >= 15 is 0 Å². The maximum absolute atomic E-state index is 14.0. The number of non-ortho nitro benzene ring substituents is 1. The minimum atomic E-state index is -0.789. The molecule has 2 aromatic heterocycles. The highest BCUT2D eigenvalue weighted by Crippen LogP contribution is 2.34. The summed E-state index contributed by atoms with van der Waals surface area (Å²) in [5.74, 6) is 0.834. The number of amides is 1. The lowest BCUT2D eigenvalue weighted by Crippen LogP contribution is -2.40. The Balaban J connectivity index is 1.45. The number of anilines is 1. The van der Waals surface area contributed by atoms with E-state index in [0.717, 1.165) is 11.3 Å². The number of ether oxygens (including phenoxy) is 1. The first-order valence-electron chi connectivity index (χ1n) is 13.3. The van der Waals surface area contributed by atoms with Crippen molar-refractivity contribution in [1.82, 2.24) is 4.57 Å². The molecule has 44 heavy (non-hydrogen) atoms. The van der Waals surface area contributed by atoms with Crippen molar-refractivity contribution in [2.45, 2.75) is 13.0 Å². The first-order valence-corrected chi connectivity index (χ1v) is 14.5. The van der Waals surface area contributed by atoms with Gasteiger partial charge in [0.05, 0.1) is 38.9 Å². The molecule has 0 spiro atoms. The van der Waals surface area contributed by atoms with Gasteiger partial charge in [0.15, 0.2) is 4.80 Å². The predicted molar refractivity (Wildman–Crippen MR) is 168 cm³/mol. The van der Waals surface area contributed by atoms with Crippen molar-refractivity contribution >= 4 is 46.3 Å². The zero-order chi connectivity index (χ0) is 31.0. The van der Waals surface area contributed by atoms with Crippen LogP contribution in [-0.2, 0) is 4.79 Å². The molecule has 1 amide bonds. The normalized spacial score (nSPS) is 14.6. The van der Waals surface area contributed by atoms with Gasteiger partial charge in [-0.1, -0.05) is 53.3 Å². The van der Waals surface area contributed by atoms with Gasteiger partial charge in [-0.15, -0.1) is 0 Å². The Morgan fingerprint density at radius 3 is 2.66 bits per heavy atom. The molecule has 1 unspecified atom stereocenters. The average Bonchev–Trinajstić information content (AvgIpc) is 3.60. The van der Waals surface area contributed by atoms with E-state index < -0.39 is 11.0 Å². The lowest BCUT2D eigenvalue weighted by molar-refractivity contribution is -0.384. The molecular weight excluding hydrogens is 604 g/mol. The third-order valence-corrected chi connectivity index (χ3v) is 8.35. The van der Waals surface area contributed by atoms with Crippen LogP contribution in [0.2, 0.25) is 5.02 Å². The largest absolute Gasteiger partial charge is 0.497 e. The Morgan fingerprint density at radius 1 is 1.11 bits per heavy atom. The van der Waals surface area contributed by atoms with Crippen LogP contribution >= 0.6 is 22.9 Å². The standard InChI is InChI=1S/C32H23ClN4O6S/c1-18-28(30(38)35-20-8-4-3-5-9-20)29(19-7-6-10-22(15-19)42-2)36-31(39)27(44-32(36)34-18)17-23-12-14-26(43-23)24-16-21(37(40)41)11-13-25(24)33/h3-17,29H,1-2H3,(H,35,38)/b27-17-. The molecule has 0 bridgehead atoms. The Kier molecular flexibility index (Phi) is 7.73. The van der Waals surface area contributed by atoms with Crippen LogP contribution in [0, 0.1) is 10.1 Å². The van der Waals surface area contributed by atoms with Crippen LogP contribution in [0.3, 0.4) is 0 Å². The number of halogens is 1.